The number of nitrogens with zero attached hydrogens (tertiary/aromatic N) is 2. The first-order valence-electron chi connectivity index (χ1n) is 7.48. The molecule has 19 heavy (non-hydrogen) atoms. The molecule has 0 aromatic carbocycles. The van der Waals surface area contributed by atoms with Gasteiger partial charge in [-0.25, -0.2) is 0 Å². The number of piperazine rings is 1. The lowest BCUT2D eigenvalue weighted by Gasteiger charge is -2.39. The molecule has 0 aromatic heterocycles. The van der Waals surface area contributed by atoms with E-state index in [-0.39, 0.29) is 5.91 Å². The SMILES string of the molecule is CCN(CC)CCNC(=O)C(C)(C)N1CCNCC1. The van der Waals surface area contributed by atoms with Crippen molar-refractivity contribution in [1.29, 1.82) is 0 Å². The Morgan fingerprint density at radius 3 is 2.37 bits per heavy atom. The van der Waals surface area contributed by atoms with Crippen LogP contribution in [0.2, 0.25) is 0 Å². The van der Waals surface area contributed by atoms with E-state index in [0.717, 1.165) is 52.4 Å². The van der Waals surface area contributed by atoms with Crippen LogP contribution in [0.4, 0.5) is 0 Å². The Morgan fingerprint density at radius 1 is 1.26 bits per heavy atom. The Hall–Kier alpha value is -0.650. The van der Waals surface area contributed by atoms with Gasteiger partial charge in [0.15, 0.2) is 0 Å². The fourth-order valence-electron chi connectivity index (χ4n) is 2.45. The molecule has 0 unspecified atom stereocenters. The molecule has 0 aromatic rings. The van der Waals surface area contributed by atoms with Gasteiger partial charge in [-0.15, -0.1) is 0 Å². The Labute approximate surface area is 117 Å². The van der Waals surface area contributed by atoms with Crippen molar-refractivity contribution in [3.05, 3.63) is 0 Å². The number of carbonyl (C=O) groups excluding carboxylic acids is 1. The average Bonchev–Trinajstić information content (AvgIpc) is 2.44. The van der Waals surface area contributed by atoms with E-state index < -0.39 is 5.54 Å². The first kappa shape index (κ1) is 16.4. The van der Waals surface area contributed by atoms with Crippen LogP contribution in [-0.2, 0) is 4.79 Å². The van der Waals surface area contributed by atoms with Crippen molar-refractivity contribution in [2.45, 2.75) is 33.2 Å². The number of rotatable bonds is 7. The molecule has 2 N–H and O–H groups in total. The van der Waals surface area contributed by atoms with Crippen molar-refractivity contribution in [1.82, 2.24) is 20.4 Å². The van der Waals surface area contributed by atoms with Gasteiger partial charge >= 0.3 is 0 Å². The van der Waals surface area contributed by atoms with E-state index in [1.807, 2.05) is 13.8 Å². The monoisotopic (exact) mass is 270 g/mol. The molecule has 5 nitrogen and oxygen atoms in total. The molecular weight excluding hydrogens is 240 g/mol. The van der Waals surface area contributed by atoms with Crippen LogP contribution in [0.25, 0.3) is 0 Å². The minimum atomic E-state index is -0.411. The van der Waals surface area contributed by atoms with Gasteiger partial charge in [0.1, 0.15) is 0 Å². The molecule has 1 aliphatic rings. The highest BCUT2D eigenvalue weighted by molar-refractivity contribution is 5.85. The van der Waals surface area contributed by atoms with Crippen LogP contribution in [0, 0.1) is 0 Å². The molecule has 1 amide bonds. The molecule has 1 aliphatic heterocycles. The third kappa shape index (κ3) is 4.75. The van der Waals surface area contributed by atoms with E-state index >= 15 is 0 Å². The molecule has 1 rings (SSSR count). The van der Waals surface area contributed by atoms with Gasteiger partial charge in [0.05, 0.1) is 5.54 Å². The topological polar surface area (TPSA) is 47.6 Å². The second-order valence-electron chi connectivity index (χ2n) is 5.58. The van der Waals surface area contributed by atoms with Gasteiger partial charge in [-0.3, -0.25) is 9.69 Å². The van der Waals surface area contributed by atoms with E-state index in [2.05, 4.69) is 34.3 Å². The molecule has 5 heteroatoms. The van der Waals surface area contributed by atoms with Crippen LogP contribution < -0.4 is 10.6 Å². The van der Waals surface area contributed by atoms with Crippen LogP contribution in [0.3, 0.4) is 0 Å². The summed E-state index contributed by atoms with van der Waals surface area (Å²) in [5, 5.41) is 6.40. The van der Waals surface area contributed by atoms with Crippen molar-refractivity contribution in [2.75, 3.05) is 52.4 Å². The van der Waals surface area contributed by atoms with Gasteiger partial charge in [-0.2, -0.15) is 0 Å². The number of hydrogen-bond acceptors (Lipinski definition) is 4. The smallest absolute Gasteiger partial charge is 0.239 e. The highest BCUT2D eigenvalue weighted by Gasteiger charge is 2.34. The second-order valence-corrected chi connectivity index (χ2v) is 5.58. The number of nitrogens with one attached hydrogen (secondary N) is 2. The van der Waals surface area contributed by atoms with E-state index in [9.17, 15) is 4.79 Å². The quantitative estimate of drug-likeness (QED) is 0.690. The van der Waals surface area contributed by atoms with Crippen LogP contribution in [0.1, 0.15) is 27.7 Å². The van der Waals surface area contributed by atoms with Gasteiger partial charge in [-0.1, -0.05) is 13.8 Å². The predicted molar refractivity (Wildman–Crippen MR) is 79.3 cm³/mol. The normalized spacial score (nSPS) is 17.7. The zero-order valence-electron chi connectivity index (χ0n) is 13.0. The van der Waals surface area contributed by atoms with E-state index in [0.29, 0.717) is 0 Å². The molecule has 0 aliphatic carbocycles. The van der Waals surface area contributed by atoms with Crippen molar-refractivity contribution in [3.8, 4) is 0 Å². The first-order valence-corrected chi connectivity index (χ1v) is 7.48. The molecule has 0 bridgehead atoms. The summed E-state index contributed by atoms with van der Waals surface area (Å²) in [6, 6.07) is 0. The lowest BCUT2D eigenvalue weighted by atomic mass is 10.0. The first-order chi connectivity index (χ1) is 9.02. The van der Waals surface area contributed by atoms with E-state index in [4.69, 9.17) is 0 Å². The average molecular weight is 270 g/mol. The molecule has 0 radical (unpaired) electrons. The zero-order valence-corrected chi connectivity index (χ0v) is 13.0. The highest BCUT2D eigenvalue weighted by atomic mass is 16.2. The van der Waals surface area contributed by atoms with Crippen LogP contribution in [0.5, 0.6) is 0 Å². The lowest BCUT2D eigenvalue weighted by Crippen LogP contribution is -2.60. The fraction of sp³-hybridized carbons (Fsp3) is 0.929. The Bertz CT molecular complexity index is 271. The summed E-state index contributed by atoms with van der Waals surface area (Å²) in [6.07, 6.45) is 0. The van der Waals surface area contributed by atoms with Gasteiger partial charge in [0.25, 0.3) is 0 Å². The molecular formula is C14H30N4O. The minimum absolute atomic E-state index is 0.140. The van der Waals surface area contributed by atoms with Crippen molar-refractivity contribution < 1.29 is 4.79 Å². The van der Waals surface area contributed by atoms with Gasteiger partial charge in [0.2, 0.25) is 5.91 Å². The van der Waals surface area contributed by atoms with Crippen molar-refractivity contribution in [2.24, 2.45) is 0 Å². The molecule has 112 valence electrons. The third-order valence-corrected chi connectivity index (χ3v) is 4.07. The lowest BCUT2D eigenvalue weighted by molar-refractivity contribution is -0.132. The number of amides is 1. The highest BCUT2D eigenvalue weighted by Crippen LogP contribution is 2.14. The molecule has 0 saturated carbocycles. The standard InChI is InChI=1S/C14H30N4O/c1-5-17(6-2)10-9-16-13(19)14(3,4)18-11-7-15-8-12-18/h15H,5-12H2,1-4H3,(H,16,19). The molecule has 0 spiro atoms. The molecule has 1 fully saturated rings. The van der Waals surface area contributed by atoms with Gasteiger partial charge in [0, 0.05) is 39.3 Å². The summed E-state index contributed by atoms with van der Waals surface area (Å²) < 4.78 is 0. The maximum atomic E-state index is 12.3. The Kier molecular flexibility index (Phi) is 6.75. The Balaban J connectivity index is 2.38. The molecule has 0 atom stereocenters. The van der Waals surface area contributed by atoms with Crippen LogP contribution >= 0.6 is 0 Å². The van der Waals surface area contributed by atoms with Crippen molar-refractivity contribution >= 4 is 5.91 Å². The molecule has 1 saturated heterocycles. The number of likely N-dealkylation sites (N-methyl/N-ethyl adjacent to an activating group) is 1. The summed E-state index contributed by atoms with van der Waals surface area (Å²) in [5.74, 6) is 0.140. The summed E-state index contributed by atoms with van der Waals surface area (Å²) in [7, 11) is 0. The van der Waals surface area contributed by atoms with Gasteiger partial charge < -0.3 is 15.5 Å². The predicted octanol–water partition coefficient (Wildman–Crippen LogP) is 0.128. The minimum Gasteiger partial charge on any atom is -0.353 e. The summed E-state index contributed by atoms with van der Waals surface area (Å²) >= 11 is 0. The summed E-state index contributed by atoms with van der Waals surface area (Å²) in [4.78, 5) is 16.9. The van der Waals surface area contributed by atoms with Crippen LogP contribution in [0.15, 0.2) is 0 Å². The van der Waals surface area contributed by atoms with E-state index in [1.165, 1.54) is 0 Å². The maximum absolute atomic E-state index is 12.3. The van der Waals surface area contributed by atoms with E-state index in [1.54, 1.807) is 0 Å². The third-order valence-electron chi connectivity index (χ3n) is 4.07. The maximum Gasteiger partial charge on any atom is 0.239 e. The Morgan fingerprint density at radius 2 is 1.84 bits per heavy atom. The zero-order chi connectivity index (χ0) is 14.3. The molecule has 1 heterocycles. The largest absolute Gasteiger partial charge is 0.353 e. The van der Waals surface area contributed by atoms with Crippen molar-refractivity contribution in [3.63, 3.8) is 0 Å². The number of carbonyl (C=O) groups is 1. The fourth-order valence-corrected chi connectivity index (χ4v) is 2.45. The summed E-state index contributed by atoms with van der Waals surface area (Å²) in [6.45, 7) is 15.9. The van der Waals surface area contributed by atoms with Crippen LogP contribution in [-0.4, -0.2) is 73.6 Å². The summed E-state index contributed by atoms with van der Waals surface area (Å²) in [5.41, 5.74) is -0.411. The van der Waals surface area contributed by atoms with Gasteiger partial charge in [-0.05, 0) is 26.9 Å². The number of hydrogen-bond donors (Lipinski definition) is 2. The second kappa shape index (κ2) is 7.82.